The van der Waals surface area contributed by atoms with Crippen molar-refractivity contribution < 1.29 is 14.3 Å². The second kappa shape index (κ2) is 15.8. The maximum atomic E-state index is 9.28. The molecule has 0 saturated heterocycles. The molecule has 0 aromatic carbocycles. The average Bonchev–Trinajstić information content (AvgIpc) is 1.93. The van der Waals surface area contributed by atoms with Gasteiger partial charge in [0.2, 0.25) is 0 Å². The minimum absolute atomic E-state index is 0.208. The molecule has 0 rings (SSSR count). The Kier molecular flexibility index (Phi) is 19.0. The molecule has 3 heteroatoms. The predicted octanol–water partition coefficient (Wildman–Crippen LogP) is 0.650. The van der Waals surface area contributed by atoms with Gasteiger partial charge in [0.15, 0.2) is 0 Å². The van der Waals surface area contributed by atoms with Crippen molar-refractivity contribution in [1.82, 2.24) is 0 Å². The molecule has 0 fully saturated rings. The fourth-order valence-electron chi connectivity index (χ4n) is 0.186. The Hall–Kier alpha value is -0.670. The van der Waals surface area contributed by atoms with Crippen LogP contribution in [-0.4, -0.2) is 33.7 Å². The van der Waals surface area contributed by atoms with Gasteiger partial charge in [-0.05, 0) is 0 Å². The number of aldehydes is 1. The van der Waals surface area contributed by atoms with Crippen molar-refractivity contribution in [2.24, 2.45) is 0 Å². The Morgan fingerprint density at radius 3 is 1.80 bits per heavy atom. The Balaban J connectivity index is 0. The van der Waals surface area contributed by atoms with Crippen LogP contribution in [0, 0.1) is 0 Å². The van der Waals surface area contributed by atoms with Crippen molar-refractivity contribution in [3.8, 4) is 0 Å². The van der Waals surface area contributed by atoms with Gasteiger partial charge in [0.1, 0.15) is 12.9 Å². The van der Waals surface area contributed by atoms with E-state index in [1.54, 1.807) is 13.2 Å². The highest BCUT2D eigenvalue weighted by atomic mass is 16.5. The monoisotopic (exact) mass is 146 g/mol. The van der Waals surface area contributed by atoms with Gasteiger partial charge in [-0.25, -0.2) is 0 Å². The van der Waals surface area contributed by atoms with Crippen molar-refractivity contribution >= 4 is 6.29 Å². The van der Waals surface area contributed by atoms with E-state index in [1.807, 2.05) is 0 Å². The van der Waals surface area contributed by atoms with E-state index in [1.165, 1.54) is 7.11 Å². The van der Waals surface area contributed by atoms with E-state index in [9.17, 15) is 4.79 Å². The highest BCUT2D eigenvalue weighted by Crippen LogP contribution is 1.60. The molecule has 0 saturated carbocycles. The molecule has 3 nitrogen and oxygen atoms in total. The van der Waals surface area contributed by atoms with E-state index >= 15 is 0 Å². The summed E-state index contributed by atoms with van der Waals surface area (Å²) >= 11 is 0. The lowest BCUT2D eigenvalue weighted by Gasteiger charge is -1.79. The van der Waals surface area contributed by atoms with Gasteiger partial charge in [-0.15, -0.1) is 6.58 Å². The molecule has 0 bridgehead atoms. The zero-order chi connectivity index (χ0) is 8.24. The number of rotatable bonds is 4. The summed E-state index contributed by atoms with van der Waals surface area (Å²) in [4.78, 5) is 9.28. The molecular weight excluding hydrogens is 132 g/mol. The summed E-state index contributed by atoms with van der Waals surface area (Å²) in [5.41, 5.74) is 0. The topological polar surface area (TPSA) is 35.5 Å². The molecule has 0 radical (unpaired) electrons. The van der Waals surface area contributed by atoms with Gasteiger partial charge in [-0.1, -0.05) is 6.08 Å². The van der Waals surface area contributed by atoms with E-state index in [2.05, 4.69) is 16.1 Å². The van der Waals surface area contributed by atoms with Crippen LogP contribution in [0.3, 0.4) is 0 Å². The average molecular weight is 146 g/mol. The lowest BCUT2D eigenvalue weighted by atomic mass is 10.7. The molecule has 0 aromatic heterocycles. The molecule has 0 aromatic rings. The van der Waals surface area contributed by atoms with Crippen LogP contribution >= 0.6 is 0 Å². The quantitative estimate of drug-likeness (QED) is 0.431. The van der Waals surface area contributed by atoms with Crippen LogP contribution in [-0.2, 0) is 14.3 Å². The maximum absolute atomic E-state index is 9.28. The van der Waals surface area contributed by atoms with Gasteiger partial charge in [0.05, 0.1) is 6.61 Å². The Morgan fingerprint density at radius 2 is 1.80 bits per heavy atom. The third-order valence-corrected chi connectivity index (χ3v) is 0.519. The first-order valence-electron chi connectivity index (χ1n) is 2.85. The second-order valence-corrected chi connectivity index (χ2v) is 1.37. The number of carbonyl (C=O) groups excluding carboxylic acids is 1. The highest BCUT2D eigenvalue weighted by molar-refractivity contribution is 5.50. The minimum Gasteiger partial charge on any atom is -0.381 e. The van der Waals surface area contributed by atoms with Gasteiger partial charge < -0.3 is 14.3 Å². The van der Waals surface area contributed by atoms with Crippen molar-refractivity contribution in [2.75, 3.05) is 27.4 Å². The lowest BCUT2D eigenvalue weighted by molar-refractivity contribution is -0.110. The molecule has 0 heterocycles. The van der Waals surface area contributed by atoms with E-state index in [4.69, 9.17) is 0 Å². The van der Waals surface area contributed by atoms with Crippen molar-refractivity contribution in [3.05, 3.63) is 12.7 Å². The van der Waals surface area contributed by atoms with Crippen LogP contribution in [0.25, 0.3) is 0 Å². The molecule has 0 spiro atoms. The molecule has 10 heavy (non-hydrogen) atoms. The zero-order valence-electron chi connectivity index (χ0n) is 6.50. The molecule has 0 aliphatic carbocycles. The number of methoxy groups -OCH3 is 2. The van der Waals surface area contributed by atoms with Gasteiger partial charge in [-0.2, -0.15) is 0 Å². The van der Waals surface area contributed by atoms with Gasteiger partial charge in [0, 0.05) is 14.2 Å². The maximum Gasteiger partial charge on any atom is 0.145 e. The van der Waals surface area contributed by atoms with Crippen LogP contribution in [0.1, 0.15) is 0 Å². The van der Waals surface area contributed by atoms with Gasteiger partial charge >= 0.3 is 0 Å². The van der Waals surface area contributed by atoms with Crippen LogP contribution in [0.4, 0.5) is 0 Å². The number of hydrogen-bond acceptors (Lipinski definition) is 3. The summed E-state index contributed by atoms with van der Waals surface area (Å²) < 4.78 is 8.90. The SMILES string of the molecule is C=CCOC.COCC=O. The van der Waals surface area contributed by atoms with Crippen molar-refractivity contribution in [1.29, 1.82) is 0 Å². The van der Waals surface area contributed by atoms with Crippen LogP contribution in [0.15, 0.2) is 12.7 Å². The summed E-state index contributed by atoms with van der Waals surface area (Å²) in [6, 6.07) is 0. The van der Waals surface area contributed by atoms with Crippen molar-refractivity contribution in [3.63, 3.8) is 0 Å². The first kappa shape index (κ1) is 12.0. The molecular formula is C7H14O3. The molecule has 0 amide bonds. The van der Waals surface area contributed by atoms with E-state index in [0.717, 1.165) is 0 Å². The van der Waals surface area contributed by atoms with Crippen LogP contribution < -0.4 is 0 Å². The normalized spacial score (nSPS) is 7.40. The lowest BCUT2D eigenvalue weighted by Crippen LogP contribution is -1.84. The van der Waals surface area contributed by atoms with Crippen molar-refractivity contribution in [2.45, 2.75) is 0 Å². The summed E-state index contributed by atoms with van der Waals surface area (Å²) in [6.07, 6.45) is 2.42. The summed E-state index contributed by atoms with van der Waals surface area (Å²) in [7, 11) is 3.12. The molecule has 0 aliphatic heterocycles. The molecule has 60 valence electrons. The zero-order valence-corrected chi connectivity index (χ0v) is 6.50. The van der Waals surface area contributed by atoms with Crippen LogP contribution in [0.2, 0.25) is 0 Å². The highest BCUT2D eigenvalue weighted by Gasteiger charge is 1.64. The number of hydrogen-bond donors (Lipinski definition) is 0. The third kappa shape index (κ3) is 26.5. The number of ether oxygens (including phenoxy) is 2. The molecule has 0 atom stereocenters. The number of carbonyl (C=O) groups is 1. The summed E-state index contributed by atoms with van der Waals surface area (Å²) in [5.74, 6) is 0. The predicted molar refractivity (Wildman–Crippen MR) is 40.0 cm³/mol. The van der Waals surface area contributed by atoms with Gasteiger partial charge in [0.25, 0.3) is 0 Å². The Bertz CT molecular complexity index is 61.3. The first-order valence-corrected chi connectivity index (χ1v) is 2.85. The van der Waals surface area contributed by atoms with Crippen LogP contribution in [0.5, 0.6) is 0 Å². The van der Waals surface area contributed by atoms with E-state index in [0.29, 0.717) is 12.9 Å². The molecule has 0 aliphatic rings. The Morgan fingerprint density at radius 1 is 1.30 bits per heavy atom. The molecule has 0 N–H and O–H groups in total. The smallest absolute Gasteiger partial charge is 0.145 e. The summed E-state index contributed by atoms with van der Waals surface area (Å²) in [6.45, 7) is 4.29. The second-order valence-electron chi connectivity index (χ2n) is 1.37. The minimum atomic E-state index is 0.208. The third-order valence-electron chi connectivity index (χ3n) is 0.519. The first-order chi connectivity index (χ1) is 4.83. The van der Waals surface area contributed by atoms with E-state index in [-0.39, 0.29) is 6.61 Å². The van der Waals surface area contributed by atoms with Gasteiger partial charge in [-0.3, -0.25) is 0 Å². The molecule has 0 unspecified atom stereocenters. The fourth-order valence-corrected chi connectivity index (χ4v) is 0.186. The summed E-state index contributed by atoms with van der Waals surface area (Å²) in [5, 5.41) is 0. The Labute approximate surface area is 61.6 Å². The standard InChI is InChI=1S/C4H8O.C3H6O2/c1-3-4-5-2;1-5-3-2-4/h3H,1,4H2,2H3;2H,3H2,1H3. The largest absolute Gasteiger partial charge is 0.381 e. The fraction of sp³-hybridized carbons (Fsp3) is 0.571. The van der Waals surface area contributed by atoms with E-state index < -0.39 is 0 Å².